The Morgan fingerprint density at radius 3 is 2.64 bits per heavy atom. The molecule has 1 heterocycles. The maximum atomic E-state index is 12.0. The summed E-state index contributed by atoms with van der Waals surface area (Å²) in [5, 5.41) is 2.99. The lowest BCUT2D eigenvalue weighted by atomic mass is 9.81. The van der Waals surface area contributed by atoms with Crippen LogP contribution in [0.1, 0.15) is 65.7 Å². The first kappa shape index (κ1) is 17.3. The van der Waals surface area contributed by atoms with Crippen molar-refractivity contribution in [2.75, 3.05) is 6.61 Å². The molecular weight excluding hydrogens is 278 g/mol. The fourth-order valence-electron chi connectivity index (χ4n) is 3.39. The third kappa shape index (κ3) is 5.01. The van der Waals surface area contributed by atoms with Crippen LogP contribution in [-0.4, -0.2) is 30.9 Å². The average Bonchev–Trinajstić information content (AvgIpc) is 2.45. The van der Waals surface area contributed by atoms with Crippen molar-refractivity contribution in [1.29, 1.82) is 0 Å². The Morgan fingerprint density at radius 1 is 1.32 bits per heavy atom. The fraction of sp³-hybridized carbons (Fsp3) is 0.833. The smallest absolute Gasteiger partial charge is 0.407 e. The van der Waals surface area contributed by atoms with Crippen LogP contribution in [0.3, 0.4) is 0 Å². The quantitative estimate of drug-likeness (QED) is 0.792. The van der Waals surface area contributed by atoms with E-state index in [1.165, 1.54) is 24.8 Å². The highest BCUT2D eigenvalue weighted by molar-refractivity contribution is 5.67. The number of hydrogen-bond acceptors (Lipinski definition) is 3. The molecule has 1 aliphatic heterocycles. The first-order valence-corrected chi connectivity index (χ1v) is 8.62. The molecule has 1 saturated heterocycles. The zero-order valence-electron chi connectivity index (χ0n) is 14.3. The Kier molecular flexibility index (Phi) is 5.90. The van der Waals surface area contributed by atoms with Gasteiger partial charge in [0, 0.05) is 11.5 Å². The summed E-state index contributed by atoms with van der Waals surface area (Å²) in [5.41, 5.74) is 1.02. The van der Waals surface area contributed by atoms with E-state index in [4.69, 9.17) is 9.47 Å². The number of carbonyl (C=O) groups is 1. The third-order valence-electron chi connectivity index (χ3n) is 4.82. The second-order valence-corrected chi connectivity index (χ2v) is 7.64. The first-order valence-electron chi connectivity index (χ1n) is 8.62. The van der Waals surface area contributed by atoms with Crippen LogP contribution in [0.25, 0.3) is 0 Å². The highest BCUT2D eigenvalue weighted by Gasteiger charge is 2.36. The first-order chi connectivity index (χ1) is 10.4. The van der Waals surface area contributed by atoms with Gasteiger partial charge in [0.25, 0.3) is 0 Å². The number of hydrogen-bond donors (Lipinski definition) is 1. The van der Waals surface area contributed by atoms with E-state index in [0.717, 1.165) is 25.7 Å². The summed E-state index contributed by atoms with van der Waals surface area (Å²) >= 11 is 0. The molecule has 1 amide bonds. The van der Waals surface area contributed by atoms with Crippen molar-refractivity contribution in [3.8, 4) is 0 Å². The van der Waals surface area contributed by atoms with Crippen LogP contribution in [0.15, 0.2) is 12.2 Å². The molecule has 22 heavy (non-hydrogen) atoms. The number of nitrogens with one attached hydrogen (secondary N) is 1. The average molecular weight is 309 g/mol. The minimum Gasteiger partial charge on any atom is -0.449 e. The standard InChI is InChI=1S/C18H31NO3/c1-13-10-14(2)22-16(11-13)18(3,4)12-21-17(20)19-15-8-6-5-7-9-15/h14-16H,1,5-12H2,2-4H3,(H,19,20)/t14-,16+/m1/s1. The number of ether oxygens (including phenoxy) is 2. The predicted molar refractivity (Wildman–Crippen MR) is 87.8 cm³/mol. The molecule has 4 nitrogen and oxygen atoms in total. The molecule has 2 fully saturated rings. The minimum absolute atomic E-state index is 0.0613. The van der Waals surface area contributed by atoms with E-state index >= 15 is 0 Å². The van der Waals surface area contributed by atoms with E-state index in [9.17, 15) is 4.79 Å². The van der Waals surface area contributed by atoms with Crippen LogP contribution in [0.4, 0.5) is 4.79 Å². The van der Waals surface area contributed by atoms with Crippen molar-refractivity contribution in [2.24, 2.45) is 5.41 Å². The van der Waals surface area contributed by atoms with Crippen LogP contribution < -0.4 is 5.32 Å². The van der Waals surface area contributed by atoms with Gasteiger partial charge >= 0.3 is 6.09 Å². The van der Waals surface area contributed by atoms with Crippen LogP contribution in [-0.2, 0) is 9.47 Å². The summed E-state index contributed by atoms with van der Waals surface area (Å²) in [5.74, 6) is 0. The molecule has 0 aromatic carbocycles. The Balaban J connectivity index is 1.78. The summed E-state index contributed by atoms with van der Waals surface area (Å²) in [4.78, 5) is 12.0. The third-order valence-corrected chi connectivity index (χ3v) is 4.82. The molecule has 1 N–H and O–H groups in total. The molecule has 4 heteroatoms. The fourth-order valence-corrected chi connectivity index (χ4v) is 3.39. The Hall–Kier alpha value is -1.03. The number of rotatable bonds is 4. The van der Waals surface area contributed by atoms with E-state index in [1.807, 2.05) is 0 Å². The molecule has 126 valence electrons. The largest absolute Gasteiger partial charge is 0.449 e. The van der Waals surface area contributed by atoms with Gasteiger partial charge in [0.2, 0.25) is 0 Å². The van der Waals surface area contributed by atoms with Gasteiger partial charge in [0.05, 0.1) is 12.2 Å². The van der Waals surface area contributed by atoms with E-state index in [1.54, 1.807) is 0 Å². The molecule has 1 saturated carbocycles. The van der Waals surface area contributed by atoms with Gasteiger partial charge < -0.3 is 14.8 Å². The van der Waals surface area contributed by atoms with Crippen molar-refractivity contribution in [1.82, 2.24) is 5.32 Å². The van der Waals surface area contributed by atoms with Crippen LogP contribution in [0.5, 0.6) is 0 Å². The summed E-state index contributed by atoms with van der Waals surface area (Å²) < 4.78 is 11.5. The molecule has 0 bridgehead atoms. The van der Waals surface area contributed by atoms with E-state index in [2.05, 4.69) is 32.7 Å². The molecule has 1 aliphatic carbocycles. The minimum atomic E-state index is -0.289. The zero-order chi connectivity index (χ0) is 16.2. The lowest BCUT2D eigenvalue weighted by Gasteiger charge is -2.39. The van der Waals surface area contributed by atoms with Gasteiger partial charge in [-0.05, 0) is 32.6 Å². The monoisotopic (exact) mass is 309 g/mol. The van der Waals surface area contributed by atoms with Gasteiger partial charge in [-0.15, -0.1) is 0 Å². The van der Waals surface area contributed by atoms with E-state index < -0.39 is 0 Å². The highest BCUT2D eigenvalue weighted by atomic mass is 16.6. The van der Waals surface area contributed by atoms with Gasteiger partial charge in [-0.1, -0.05) is 45.3 Å². The molecule has 0 radical (unpaired) electrons. The second kappa shape index (κ2) is 7.49. The van der Waals surface area contributed by atoms with Gasteiger partial charge in [-0.3, -0.25) is 0 Å². The van der Waals surface area contributed by atoms with Gasteiger partial charge in [0.1, 0.15) is 6.61 Å². The van der Waals surface area contributed by atoms with Gasteiger partial charge in [0.15, 0.2) is 0 Å². The van der Waals surface area contributed by atoms with Crippen LogP contribution in [0, 0.1) is 5.41 Å². The molecule has 2 aliphatic rings. The Labute approximate surface area is 134 Å². The molecule has 0 aromatic heterocycles. The maximum Gasteiger partial charge on any atom is 0.407 e. The summed E-state index contributed by atoms with van der Waals surface area (Å²) in [6, 6.07) is 0.287. The SMILES string of the molecule is C=C1C[C@@H](C)O[C@H](C(C)(C)COC(=O)NC2CCCCC2)C1. The lowest BCUT2D eigenvalue weighted by molar-refractivity contribution is -0.0962. The maximum absolute atomic E-state index is 12.0. The summed E-state index contributed by atoms with van der Waals surface area (Å²) in [6.07, 6.45) is 7.57. The molecule has 2 rings (SSSR count). The molecule has 0 aromatic rings. The van der Waals surface area contributed by atoms with E-state index in [0.29, 0.717) is 6.61 Å². The van der Waals surface area contributed by atoms with Crippen molar-refractivity contribution >= 4 is 6.09 Å². The second-order valence-electron chi connectivity index (χ2n) is 7.64. The van der Waals surface area contributed by atoms with Crippen molar-refractivity contribution < 1.29 is 14.3 Å². The van der Waals surface area contributed by atoms with Crippen LogP contribution in [0.2, 0.25) is 0 Å². The van der Waals surface area contributed by atoms with Crippen molar-refractivity contribution in [3.63, 3.8) is 0 Å². The van der Waals surface area contributed by atoms with Gasteiger partial charge in [-0.2, -0.15) is 0 Å². The number of amides is 1. The molecule has 0 spiro atoms. The van der Waals surface area contributed by atoms with Crippen LogP contribution >= 0.6 is 0 Å². The van der Waals surface area contributed by atoms with E-state index in [-0.39, 0.29) is 29.8 Å². The number of alkyl carbamates (subject to hydrolysis) is 1. The predicted octanol–water partition coefficient (Wildman–Crippen LogP) is 4.20. The number of carbonyl (C=O) groups excluding carboxylic acids is 1. The van der Waals surface area contributed by atoms with Gasteiger partial charge in [-0.25, -0.2) is 4.79 Å². The summed E-state index contributed by atoms with van der Waals surface area (Å²) in [7, 11) is 0. The molecular formula is C18H31NO3. The molecule has 2 atom stereocenters. The topological polar surface area (TPSA) is 47.6 Å². The summed E-state index contributed by atoms with van der Waals surface area (Å²) in [6.45, 7) is 10.7. The Morgan fingerprint density at radius 2 is 2.00 bits per heavy atom. The van der Waals surface area contributed by atoms with Crippen molar-refractivity contribution in [2.45, 2.75) is 84.0 Å². The Bertz CT molecular complexity index is 399. The normalized spacial score (nSPS) is 27.5. The van der Waals surface area contributed by atoms with Crippen molar-refractivity contribution in [3.05, 3.63) is 12.2 Å². The zero-order valence-corrected chi connectivity index (χ0v) is 14.3. The molecule has 0 unspecified atom stereocenters. The lowest BCUT2D eigenvalue weighted by Crippen LogP contribution is -2.43. The highest BCUT2D eigenvalue weighted by Crippen LogP contribution is 2.34.